The van der Waals surface area contributed by atoms with Crippen LogP contribution in [0.3, 0.4) is 0 Å². The Hall–Kier alpha value is -1.01. The molecule has 1 aromatic rings. The largest absolute Gasteiger partial charge is 0.395 e. The Morgan fingerprint density at radius 2 is 2.06 bits per heavy atom. The third-order valence-corrected chi connectivity index (χ3v) is 3.77. The van der Waals surface area contributed by atoms with E-state index in [0.717, 1.165) is 24.0 Å². The molecule has 0 radical (unpaired) electrons. The van der Waals surface area contributed by atoms with Gasteiger partial charge in [0.1, 0.15) is 17.5 Å². The highest BCUT2D eigenvalue weighted by Gasteiger charge is 2.15. The van der Waals surface area contributed by atoms with Crippen molar-refractivity contribution in [2.75, 3.05) is 30.0 Å². The lowest BCUT2D eigenvalue weighted by Crippen LogP contribution is -2.31. The first-order valence-corrected chi connectivity index (χ1v) is 7.39. The van der Waals surface area contributed by atoms with Gasteiger partial charge < -0.3 is 15.7 Å². The van der Waals surface area contributed by atoms with E-state index in [0.29, 0.717) is 0 Å². The molecule has 2 unspecified atom stereocenters. The lowest BCUT2D eigenvalue weighted by Gasteiger charge is -2.22. The van der Waals surface area contributed by atoms with Gasteiger partial charge >= 0.3 is 0 Å². The quantitative estimate of drug-likeness (QED) is 0.701. The Bertz CT molecular complexity index is 371. The fraction of sp³-hybridized carbons (Fsp3) is 0.667. The first-order chi connectivity index (χ1) is 8.60. The Kier molecular flexibility index (Phi) is 6.21. The fourth-order valence-corrected chi connectivity index (χ4v) is 2.30. The lowest BCUT2D eigenvalue weighted by molar-refractivity contribution is 0.288. The van der Waals surface area contributed by atoms with Gasteiger partial charge in [-0.05, 0) is 27.0 Å². The Balaban J connectivity index is 2.77. The third-order valence-electron chi connectivity index (χ3n) is 2.61. The van der Waals surface area contributed by atoms with Crippen LogP contribution >= 0.6 is 11.8 Å². The van der Waals surface area contributed by atoms with E-state index in [1.54, 1.807) is 11.8 Å². The van der Waals surface area contributed by atoms with Gasteiger partial charge in [-0.3, -0.25) is 0 Å². The summed E-state index contributed by atoms with van der Waals surface area (Å²) < 4.78 is 0. The van der Waals surface area contributed by atoms with Gasteiger partial charge in [0, 0.05) is 23.9 Å². The summed E-state index contributed by atoms with van der Waals surface area (Å²) in [4.78, 5) is 8.65. The van der Waals surface area contributed by atoms with Crippen molar-refractivity contribution >= 4 is 23.4 Å². The van der Waals surface area contributed by atoms with Gasteiger partial charge in [-0.15, -0.1) is 0 Å². The monoisotopic (exact) mass is 270 g/mol. The van der Waals surface area contributed by atoms with Gasteiger partial charge in [-0.1, -0.05) is 0 Å². The van der Waals surface area contributed by atoms with Crippen molar-refractivity contribution in [3.05, 3.63) is 11.9 Å². The molecule has 0 bridgehead atoms. The summed E-state index contributed by atoms with van der Waals surface area (Å²) in [5.41, 5.74) is 0. The van der Waals surface area contributed by atoms with Crippen LogP contribution in [0.15, 0.2) is 6.07 Å². The highest BCUT2D eigenvalue weighted by atomic mass is 32.2. The van der Waals surface area contributed by atoms with Crippen molar-refractivity contribution in [3.8, 4) is 0 Å². The molecule has 0 aliphatic heterocycles. The molecule has 0 saturated heterocycles. The molecule has 102 valence electrons. The number of hydrogen-bond donors (Lipinski definition) is 3. The second-order valence-electron chi connectivity index (χ2n) is 4.11. The Labute approximate surface area is 113 Å². The van der Waals surface area contributed by atoms with Crippen LogP contribution in [0.2, 0.25) is 0 Å². The zero-order valence-electron chi connectivity index (χ0n) is 11.4. The number of rotatable bonds is 7. The predicted octanol–water partition coefficient (Wildman–Crippen LogP) is 1.74. The molecule has 0 aromatic carbocycles. The number of nitrogens with zero attached hydrogens (tertiary/aromatic N) is 2. The number of nitrogens with one attached hydrogen (secondary N) is 2. The van der Waals surface area contributed by atoms with E-state index in [9.17, 15) is 5.11 Å². The van der Waals surface area contributed by atoms with Crippen molar-refractivity contribution in [1.29, 1.82) is 0 Å². The van der Waals surface area contributed by atoms with Crippen LogP contribution < -0.4 is 10.6 Å². The molecular formula is C12H22N4OS. The second-order valence-corrected chi connectivity index (χ2v) is 5.18. The zero-order valence-corrected chi connectivity index (χ0v) is 12.2. The van der Waals surface area contributed by atoms with Crippen molar-refractivity contribution < 1.29 is 5.11 Å². The van der Waals surface area contributed by atoms with Gasteiger partial charge in [0.25, 0.3) is 0 Å². The van der Waals surface area contributed by atoms with E-state index in [2.05, 4.69) is 20.6 Å². The van der Waals surface area contributed by atoms with Crippen molar-refractivity contribution in [3.63, 3.8) is 0 Å². The number of aliphatic hydroxyl groups excluding tert-OH is 1. The Morgan fingerprint density at radius 1 is 1.39 bits per heavy atom. The van der Waals surface area contributed by atoms with Crippen molar-refractivity contribution in [1.82, 2.24) is 9.97 Å². The molecule has 0 fully saturated rings. The molecule has 1 aromatic heterocycles. The molecule has 0 amide bonds. The SMILES string of the molecule is CCNc1cc(NC(C)C(CO)SC)nc(C)n1. The minimum atomic E-state index is 0.147. The first kappa shape index (κ1) is 15.0. The summed E-state index contributed by atoms with van der Waals surface area (Å²) in [6.07, 6.45) is 1.99. The fourth-order valence-electron chi connectivity index (χ4n) is 1.68. The van der Waals surface area contributed by atoms with Crippen LogP contribution in [-0.4, -0.2) is 45.8 Å². The average Bonchev–Trinajstić information content (AvgIpc) is 2.30. The van der Waals surface area contributed by atoms with Crippen LogP contribution in [0.4, 0.5) is 11.6 Å². The summed E-state index contributed by atoms with van der Waals surface area (Å²) in [7, 11) is 0. The number of anilines is 2. The molecule has 1 rings (SSSR count). The zero-order chi connectivity index (χ0) is 13.5. The molecular weight excluding hydrogens is 248 g/mol. The van der Waals surface area contributed by atoms with Crippen LogP contribution in [-0.2, 0) is 0 Å². The second kappa shape index (κ2) is 7.43. The van der Waals surface area contributed by atoms with Gasteiger partial charge in [0.15, 0.2) is 0 Å². The lowest BCUT2D eigenvalue weighted by atomic mass is 10.2. The van der Waals surface area contributed by atoms with Crippen LogP contribution in [0, 0.1) is 6.92 Å². The predicted molar refractivity (Wildman–Crippen MR) is 78.4 cm³/mol. The number of hydrogen-bond acceptors (Lipinski definition) is 6. The summed E-state index contributed by atoms with van der Waals surface area (Å²) in [6, 6.07) is 2.04. The smallest absolute Gasteiger partial charge is 0.132 e. The van der Waals surface area contributed by atoms with Gasteiger partial charge in [-0.2, -0.15) is 11.8 Å². The van der Waals surface area contributed by atoms with E-state index in [4.69, 9.17) is 0 Å². The molecule has 2 atom stereocenters. The van der Waals surface area contributed by atoms with Crippen molar-refractivity contribution in [2.45, 2.75) is 32.1 Å². The molecule has 0 aliphatic carbocycles. The third kappa shape index (κ3) is 4.34. The average molecular weight is 270 g/mol. The summed E-state index contributed by atoms with van der Waals surface area (Å²) in [6.45, 7) is 6.92. The molecule has 6 heteroatoms. The number of thioether (sulfide) groups is 1. The number of aryl methyl sites for hydroxylation is 1. The molecule has 0 spiro atoms. The van der Waals surface area contributed by atoms with E-state index >= 15 is 0 Å². The maximum absolute atomic E-state index is 9.26. The van der Waals surface area contributed by atoms with Gasteiger partial charge in [0.05, 0.1) is 6.61 Å². The van der Waals surface area contributed by atoms with E-state index in [1.165, 1.54) is 0 Å². The summed E-state index contributed by atoms with van der Waals surface area (Å²) in [5.74, 6) is 2.34. The molecule has 3 N–H and O–H groups in total. The summed E-state index contributed by atoms with van der Waals surface area (Å²) >= 11 is 1.64. The molecule has 1 heterocycles. The maximum Gasteiger partial charge on any atom is 0.132 e. The number of aliphatic hydroxyl groups is 1. The standard InChI is InChI=1S/C12H22N4OS/c1-5-13-11-6-12(16-9(3)15-11)14-8(2)10(7-17)18-4/h6,8,10,17H,5,7H2,1-4H3,(H2,13,14,15,16). The van der Waals surface area contributed by atoms with Gasteiger partial charge in [-0.25, -0.2) is 9.97 Å². The van der Waals surface area contributed by atoms with E-state index in [1.807, 2.05) is 33.1 Å². The summed E-state index contributed by atoms with van der Waals surface area (Å²) in [5, 5.41) is 15.9. The minimum Gasteiger partial charge on any atom is -0.395 e. The highest BCUT2D eigenvalue weighted by Crippen LogP contribution is 2.17. The minimum absolute atomic E-state index is 0.147. The number of aromatic nitrogens is 2. The highest BCUT2D eigenvalue weighted by molar-refractivity contribution is 7.99. The topological polar surface area (TPSA) is 70.1 Å². The normalized spacial score (nSPS) is 14.1. The van der Waals surface area contributed by atoms with Crippen LogP contribution in [0.1, 0.15) is 19.7 Å². The van der Waals surface area contributed by atoms with Crippen LogP contribution in [0.25, 0.3) is 0 Å². The van der Waals surface area contributed by atoms with Crippen LogP contribution in [0.5, 0.6) is 0 Å². The molecule has 18 heavy (non-hydrogen) atoms. The Morgan fingerprint density at radius 3 is 2.61 bits per heavy atom. The van der Waals surface area contributed by atoms with Crippen molar-refractivity contribution in [2.24, 2.45) is 0 Å². The van der Waals surface area contributed by atoms with E-state index in [-0.39, 0.29) is 17.9 Å². The maximum atomic E-state index is 9.26. The first-order valence-electron chi connectivity index (χ1n) is 6.10. The van der Waals surface area contributed by atoms with Gasteiger partial charge in [0.2, 0.25) is 0 Å². The molecule has 5 nitrogen and oxygen atoms in total. The molecule has 0 saturated carbocycles. The van der Waals surface area contributed by atoms with E-state index < -0.39 is 0 Å². The molecule has 0 aliphatic rings.